The molecule has 2 heterocycles. The van der Waals surface area contributed by atoms with E-state index in [1.807, 2.05) is 12.2 Å². The van der Waals surface area contributed by atoms with Crippen LogP contribution < -0.4 is 10.6 Å². The summed E-state index contributed by atoms with van der Waals surface area (Å²) in [6, 6.07) is -0.518. The molecule has 1 saturated carbocycles. The van der Waals surface area contributed by atoms with E-state index in [-0.39, 0.29) is 42.2 Å². The number of nitrogens with one attached hydrogen (secondary N) is 2. The highest BCUT2D eigenvalue weighted by Gasteiger charge is 2.59. The van der Waals surface area contributed by atoms with Crippen LogP contribution in [0.1, 0.15) is 6.42 Å². The summed E-state index contributed by atoms with van der Waals surface area (Å²) in [6.45, 7) is -0.116. The molecule has 4 rings (SSSR count). The number of imide groups is 1. The number of nitrogens with zero attached hydrogens (tertiary/aromatic N) is 3. The topological polar surface area (TPSA) is 104 Å². The first-order chi connectivity index (χ1) is 10.6. The second kappa shape index (κ2) is 4.87. The van der Waals surface area contributed by atoms with E-state index in [2.05, 4.69) is 20.8 Å². The van der Waals surface area contributed by atoms with E-state index in [1.54, 1.807) is 0 Å². The zero-order valence-electron chi connectivity index (χ0n) is 11.4. The molecule has 0 spiro atoms. The molecule has 2 aliphatic carbocycles. The number of urea groups is 1. The fourth-order valence-corrected chi connectivity index (χ4v) is 4.08. The number of rotatable bonds is 3. The molecule has 3 aliphatic rings. The van der Waals surface area contributed by atoms with Crippen molar-refractivity contribution in [1.29, 1.82) is 0 Å². The maximum atomic E-state index is 12.4. The fourth-order valence-electron chi connectivity index (χ4n) is 3.64. The number of carbonyl (C=O) groups is 3. The molecule has 1 saturated heterocycles. The number of hydrogen-bond acceptors (Lipinski definition) is 6. The van der Waals surface area contributed by atoms with Gasteiger partial charge in [-0.25, -0.2) is 4.79 Å². The van der Waals surface area contributed by atoms with Crippen molar-refractivity contribution in [3.8, 4) is 0 Å². The van der Waals surface area contributed by atoms with Crippen molar-refractivity contribution in [2.75, 3.05) is 12.0 Å². The maximum Gasteiger partial charge on any atom is 0.322 e. The highest BCUT2D eigenvalue weighted by atomic mass is 32.1. The van der Waals surface area contributed by atoms with Crippen LogP contribution in [0.5, 0.6) is 0 Å². The quantitative estimate of drug-likeness (QED) is 0.621. The minimum Gasteiger partial charge on any atom is -0.320 e. The highest BCUT2D eigenvalue weighted by Crippen LogP contribution is 2.52. The van der Waals surface area contributed by atoms with Crippen LogP contribution in [0.15, 0.2) is 17.7 Å². The monoisotopic (exact) mass is 319 g/mol. The molecule has 1 aromatic heterocycles. The van der Waals surface area contributed by atoms with Gasteiger partial charge < -0.3 is 5.32 Å². The first-order valence-corrected chi connectivity index (χ1v) is 7.87. The van der Waals surface area contributed by atoms with Crippen molar-refractivity contribution in [3.63, 3.8) is 0 Å². The predicted octanol–water partition coefficient (Wildman–Crippen LogP) is 0.424. The first-order valence-electron chi connectivity index (χ1n) is 6.99. The average Bonchev–Trinajstić information content (AvgIpc) is 3.24. The number of aromatic nitrogens is 2. The molecule has 2 bridgehead atoms. The summed E-state index contributed by atoms with van der Waals surface area (Å²) in [4.78, 5) is 37.7. The summed E-state index contributed by atoms with van der Waals surface area (Å²) in [5, 5.41) is 12.6. The largest absolute Gasteiger partial charge is 0.322 e. The lowest BCUT2D eigenvalue weighted by Crippen LogP contribution is -2.43. The van der Waals surface area contributed by atoms with Gasteiger partial charge in [0.25, 0.3) is 0 Å². The van der Waals surface area contributed by atoms with Gasteiger partial charge in [0.15, 0.2) is 0 Å². The van der Waals surface area contributed by atoms with Gasteiger partial charge in [0.05, 0.1) is 11.8 Å². The second-order valence-corrected chi connectivity index (χ2v) is 6.47. The first kappa shape index (κ1) is 13.4. The molecule has 2 fully saturated rings. The van der Waals surface area contributed by atoms with Crippen LogP contribution in [-0.2, 0) is 9.59 Å². The van der Waals surface area contributed by atoms with Crippen LogP contribution in [0.2, 0.25) is 0 Å². The third kappa shape index (κ3) is 1.92. The summed E-state index contributed by atoms with van der Waals surface area (Å²) in [5.74, 6) is -0.490. The molecule has 8 nitrogen and oxygen atoms in total. The van der Waals surface area contributed by atoms with E-state index >= 15 is 0 Å². The van der Waals surface area contributed by atoms with Crippen molar-refractivity contribution in [2.24, 2.45) is 23.7 Å². The SMILES string of the molecule is O=C(NCN1C(=O)[C@@H]2[C@@H](C1=O)[C@H]1C=C[C@H]2C1)Nc1nncs1. The molecular formula is C13H13N5O3S. The van der Waals surface area contributed by atoms with E-state index in [4.69, 9.17) is 0 Å². The summed E-state index contributed by atoms with van der Waals surface area (Å²) in [5.41, 5.74) is 1.49. The Bertz CT molecular complexity index is 643. The Kier molecular flexibility index (Phi) is 2.96. The molecule has 1 aromatic rings. The van der Waals surface area contributed by atoms with Crippen molar-refractivity contribution in [2.45, 2.75) is 6.42 Å². The standard InChI is InChI=1S/C13H13N5O3S/c19-10-8-6-1-2-7(3-6)9(8)11(20)18(10)4-14-12(21)16-13-17-15-5-22-13/h1-2,5-9H,3-4H2,(H2,14,16,17,21)/t6-,7-,8-,9-/m0/s1. The summed E-state index contributed by atoms with van der Waals surface area (Å²) < 4.78 is 0. The van der Waals surface area contributed by atoms with Crippen LogP contribution in [0.4, 0.5) is 9.93 Å². The number of amides is 4. The normalized spacial score (nSPS) is 31.7. The number of allylic oxidation sites excluding steroid dienone is 2. The molecule has 1 aliphatic heterocycles. The van der Waals surface area contributed by atoms with Gasteiger partial charge in [-0.05, 0) is 18.3 Å². The van der Waals surface area contributed by atoms with Gasteiger partial charge in [0.2, 0.25) is 16.9 Å². The van der Waals surface area contributed by atoms with E-state index in [0.29, 0.717) is 5.13 Å². The Hall–Kier alpha value is -2.29. The second-order valence-electron chi connectivity index (χ2n) is 5.64. The van der Waals surface area contributed by atoms with Gasteiger partial charge in [-0.3, -0.25) is 19.8 Å². The predicted molar refractivity (Wildman–Crippen MR) is 76.5 cm³/mol. The Balaban J connectivity index is 1.39. The van der Waals surface area contributed by atoms with Crippen LogP contribution >= 0.6 is 11.3 Å². The summed E-state index contributed by atoms with van der Waals surface area (Å²) in [6.07, 6.45) is 4.97. The number of carbonyl (C=O) groups excluding carboxylic acids is 3. The van der Waals surface area contributed by atoms with Crippen molar-refractivity contribution in [1.82, 2.24) is 20.4 Å². The fraction of sp³-hybridized carbons (Fsp3) is 0.462. The lowest BCUT2D eigenvalue weighted by molar-refractivity contribution is -0.140. The van der Waals surface area contributed by atoms with E-state index in [1.165, 1.54) is 16.8 Å². The van der Waals surface area contributed by atoms with Gasteiger partial charge in [-0.2, -0.15) is 0 Å². The van der Waals surface area contributed by atoms with E-state index in [9.17, 15) is 14.4 Å². The number of hydrogen-bond donors (Lipinski definition) is 2. The third-order valence-corrected chi connectivity index (χ3v) is 5.15. The molecular weight excluding hydrogens is 306 g/mol. The zero-order chi connectivity index (χ0) is 15.3. The number of likely N-dealkylation sites (tertiary alicyclic amines) is 1. The van der Waals surface area contributed by atoms with Gasteiger partial charge in [-0.1, -0.05) is 23.5 Å². The molecule has 0 unspecified atom stereocenters. The summed E-state index contributed by atoms with van der Waals surface area (Å²) in [7, 11) is 0. The molecule has 2 N–H and O–H groups in total. The molecule has 4 amide bonds. The number of anilines is 1. The zero-order valence-corrected chi connectivity index (χ0v) is 12.2. The van der Waals surface area contributed by atoms with Crippen molar-refractivity contribution >= 4 is 34.3 Å². The molecule has 114 valence electrons. The van der Waals surface area contributed by atoms with E-state index < -0.39 is 6.03 Å². The van der Waals surface area contributed by atoms with Gasteiger partial charge in [0, 0.05) is 0 Å². The minimum absolute atomic E-state index is 0.116. The van der Waals surface area contributed by atoms with Gasteiger partial charge >= 0.3 is 6.03 Å². The Morgan fingerprint density at radius 2 is 1.95 bits per heavy atom. The molecule has 0 radical (unpaired) electrons. The Labute approximate surface area is 129 Å². The van der Waals surface area contributed by atoms with E-state index in [0.717, 1.165) is 11.3 Å². The van der Waals surface area contributed by atoms with Crippen LogP contribution in [-0.4, -0.2) is 39.6 Å². The van der Waals surface area contributed by atoms with Crippen LogP contribution in [0, 0.1) is 23.7 Å². The van der Waals surface area contributed by atoms with Crippen molar-refractivity contribution in [3.05, 3.63) is 17.7 Å². The third-order valence-electron chi connectivity index (χ3n) is 4.54. The lowest BCUT2D eigenvalue weighted by Gasteiger charge is -2.17. The molecule has 9 heteroatoms. The maximum absolute atomic E-state index is 12.4. The average molecular weight is 319 g/mol. The van der Waals surface area contributed by atoms with Crippen LogP contribution in [0.25, 0.3) is 0 Å². The van der Waals surface area contributed by atoms with Gasteiger partial charge in [-0.15, -0.1) is 10.2 Å². The molecule has 0 aromatic carbocycles. The molecule has 22 heavy (non-hydrogen) atoms. The Morgan fingerprint density at radius 3 is 2.55 bits per heavy atom. The number of fused-ring (bicyclic) bond motifs is 5. The lowest BCUT2D eigenvalue weighted by atomic mass is 9.85. The van der Waals surface area contributed by atoms with Gasteiger partial charge in [0.1, 0.15) is 12.2 Å². The minimum atomic E-state index is -0.518. The summed E-state index contributed by atoms with van der Waals surface area (Å²) >= 11 is 1.18. The van der Waals surface area contributed by atoms with Crippen molar-refractivity contribution < 1.29 is 14.4 Å². The smallest absolute Gasteiger partial charge is 0.320 e. The highest BCUT2D eigenvalue weighted by molar-refractivity contribution is 7.13. The molecule has 4 atom stereocenters. The Morgan fingerprint density at radius 1 is 1.27 bits per heavy atom. The van der Waals surface area contributed by atoms with Crippen LogP contribution in [0.3, 0.4) is 0 Å².